The highest BCUT2D eigenvalue weighted by atomic mass is 16.5. The molecule has 1 aliphatic rings. The van der Waals surface area contributed by atoms with Gasteiger partial charge in [-0.15, -0.1) is 0 Å². The summed E-state index contributed by atoms with van der Waals surface area (Å²) in [5.74, 6) is 1.81. The molecule has 0 heterocycles. The zero-order chi connectivity index (χ0) is 12.1. The van der Waals surface area contributed by atoms with Crippen LogP contribution in [0.2, 0.25) is 0 Å². The molecular formula is C15H23NO. The van der Waals surface area contributed by atoms with Crippen LogP contribution in [0.4, 0.5) is 0 Å². The molecule has 1 unspecified atom stereocenters. The van der Waals surface area contributed by atoms with Gasteiger partial charge in [0.1, 0.15) is 5.75 Å². The van der Waals surface area contributed by atoms with Crippen molar-refractivity contribution < 1.29 is 4.74 Å². The van der Waals surface area contributed by atoms with E-state index in [0.717, 1.165) is 24.7 Å². The van der Waals surface area contributed by atoms with Crippen LogP contribution in [0.1, 0.15) is 44.2 Å². The first kappa shape index (κ1) is 12.4. The van der Waals surface area contributed by atoms with Crippen LogP contribution in [0.5, 0.6) is 5.75 Å². The van der Waals surface area contributed by atoms with E-state index in [2.05, 4.69) is 43.6 Å². The van der Waals surface area contributed by atoms with Crippen molar-refractivity contribution in [2.45, 2.75) is 38.6 Å². The number of benzene rings is 1. The molecule has 0 radical (unpaired) electrons. The van der Waals surface area contributed by atoms with E-state index in [0.29, 0.717) is 6.04 Å². The number of hydrogen-bond donors (Lipinski definition) is 1. The summed E-state index contributed by atoms with van der Waals surface area (Å²) in [6, 6.07) is 9.10. The highest BCUT2D eigenvalue weighted by molar-refractivity contribution is 5.29. The van der Waals surface area contributed by atoms with Crippen molar-refractivity contribution in [3.63, 3.8) is 0 Å². The van der Waals surface area contributed by atoms with Gasteiger partial charge in [-0.1, -0.05) is 25.5 Å². The minimum Gasteiger partial charge on any atom is -0.494 e. The van der Waals surface area contributed by atoms with Crippen molar-refractivity contribution in [1.82, 2.24) is 5.32 Å². The summed E-state index contributed by atoms with van der Waals surface area (Å²) in [5, 5.41) is 3.44. The molecule has 0 saturated heterocycles. The van der Waals surface area contributed by atoms with Gasteiger partial charge in [-0.25, -0.2) is 0 Å². The van der Waals surface area contributed by atoms with Gasteiger partial charge in [-0.05, 0) is 49.9 Å². The Bertz CT molecular complexity index is 329. The second-order valence-corrected chi connectivity index (χ2v) is 4.87. The summed E-state index contributed by atoms with van der Waals surface area (Å²) in [6.45, 7) is 2.93. The lowest BCUT2D eigenvalue weighted by Crippen LogP contribution is -2.29. The van der Waals surface area contributed by atoms with E-state index in [-0.39, 0.29) is 0 Å². The van der Waals surface area contributed by atoms with Gasteiger partial charge >= 0.3 is 0 Å². The Hall–Kier alpha value is -1.02. The van der Waals surface area contributed by atoms with Crippen molar-refractivity contribution >= 4 is 0 Å². The van der Waals surface area contributed by atoms with Crippen LogP contribution < -0.4 is 10.1 Å². The van der Waals surface area contributed by atoms with Gasteiger partial charge in [0.2, 0.25) is 0 Å². The molecule has 2 rings (SSSR count). The Morgan fingerprint density at radius 2 is 2.00 bits per heavy atom. The fourth-order valence-electron chi connectivity index (χ4n) is 2.44. The minimum atomic E-state index is 0.518. The van der Waals surface area contributed by atoms with Crippen molar-refractivity contribution in [1.29, 1.82) is 0 Å². The molecule has 1 N–H and O–H groups in total. The Morgan fingerprint density at radius 1 is 1.29 bits per heavy atom. The smallest absolute Gasteiger partial charge is 0.119 e. The molecule has 17 heavy (non-hydrogen) atoms. The van der Waals surface area contributed by atoms with E-state index in [1.807, 2.05) is 0 Å². The molecule has 1 fully saturated rings. The van der Waals surface area contributed by atoms with E-state index in [1.165, 1.54) is 24.8 Å². The molecule has 1 atom stereocenters. The van der Waals surface area contributed by atoms with Gasteiger partial charge < -0.3 is 10.1 Å². The molecule has 1 saturated carbocycles. The Kier molecular flexibility index (Phi) is 4.43. The molecule has 2 nitrogen and oxygen atoms in total. The van der Waals surface area contributed by atoms with E-state index in [4.69, 9.17) is 4.74 Å². The largest absolute Gasteiger partial charge is 0.494 e. The van der Waals surface area contributed by atoms with E-state index in [9.17, 15) is 0 Å². The lowest BCUT2D eigenvalue weighted by Gasteiger charge is -2.34. The van der Waals surface area contributed by atoms with Crippen LogP contribution in [-0.2, 0) is 0 Å². The maximum absolute atomic E-state index is 5.60. The first-order valence-electron chi connectivity index (χ1n) is 6.75. The molecule has 1 aromatic carbocycles. The molecule has 0 aliphatic heterocycles. The Balaban J connectivity index is 1.99. The van der Waals surface area contributed by atoms with Crippen LogP contribution in [0, 0.1) is 5.92 Å². The van der Waals surface area contributed by atoms with Gasteiger partial charge in [0.25, 0.3) is 0 Å². The van der Waals surface area contributed by atoms with Crippen molar-refractivity contribution in [3.05, 3.63) is 29.8 Å². The molecule has 94 valence electrons. The van der Waals surface area contributed by atoms with Crippen LogP contribution in [0.15, 0.2) is 24.3 Å². The van der Waals surface area contributed by atoms with Gasteiger partial charge in [0, 0.05) is 6.04 Å². The zero-order valence-electron chi connectivity index (χ0n) is 10.9. The second kappa shape index (κ2) is 6.06. The average Bonchev–Trinajstić information content (AvgIpc) is 2.32. The Morgan fingerprint density at radius 3 is 2.47 bits per heavy atom. The molecule has 0 aromatic heterocycles. The van der Waals surface area contributed by atoms with E-state index < -0.39 is 0 Å². The predicted octanol–water partition coefficient (Wildman–Crippen LogP) is 3.54. The summed E-state index contributed by atoms with van der Waals surface area (Å²) in [7, 11) is 2.06. The molecular weight excluding hydrogens is 210 g/mol. The number of hydrogen-bond acceptors (Lipinski definition) is 2. The van der Waals surface area contributed by atoms with Crippen LogP contribution in [0.3, 0.4) is 0 Å². The lowest BCUT2D eigenvalue weighted by molar-refractivity contribution is 0.239. The SMILES string of the molecule is CCCOc1ccc(C(NC)C2CCC2)cc1. The van der Waals surface area contributed by atoms with E-state index in [1.54, 1.807) is 0 Å². The maximum Gasteiger partial charge on any atom is 0.119 e. The summed E-state index contributed by atoms with van der Waals surface area (Å²) in [6.07, 6.45) is 5.17. The zero-order valence-corrected chi connectivity index (χ0v) is 10.9. The summed E-state index contributed by atoms with van der Waals surface area (Å²) >= 11 is 0. The molecule has 0 bridgehead atoms. The molecule has 1 aromatic rings. The first-order valence-corrected chi connectivity index (χ1v) is 6.75. The van der Waals surface area contributed by atoms with Crippen molar-refractivity contribution in [2.75, 3.05) is 13.7 Å². The summed E-state index contributed by atoms with van der Waals surface area (Å²) in [5.41, 5.74) is 1.39. The molecule has 2 heteroatoms. The lowest BCUT2D eigenvalue weighted by atomic mass is 9.77. The highest BCUT2D eigenvalue weighted by Gasteiger charge is 2.27. The minimum absolute atomic E-state index is 0.518. The van der Waals surface area contributed by atoms with Gasteiger partial charge in [0.15, 0.2) is 0 Å². The van der Waals surface area contributed by atoms with E-state index >= 15 is 0 Å². The summed E-state index contributed by atoms with van der Waals surface area (Å²) in [4.78, 5) is 0. The predicted molar refractivity (Wildman–Crippen MR) is 71.4 cm³/mol. The molecule has 0 spiro atoms. The maximum atomic E-state index is 5.60. The average molecular weight is 233 g/mol. The van der Waals surface area contributed by atoms with Gasteiger partial charge in [0.05, 0.1) is 6.61 Å². The van der Waals surface area contributed by atoms with Gasteiger partial charge in [-0.3, -0.25) is 0 Å². The second-order valence-electron chi connectivity index (χ2n) is 4.87. The Labute approximate surface area is 104 Å². The third kappa shape index (κ3) is 3.01. The fourth-order valence-corrected chi connectivity index (χ4v) is 2.44. The highest BCUT2D eigenvalue weighted by Crippen LogP contribution is 2.37. The third-order valence-corrected chi connectivity index (χ3v) is 3.64. The first-order chi connectivity index (χ1) is 8.35. The van der Waals surface area contributed by atoms with Crippen LogP contribution in [-0.4, -0.2) is 13.7 Å². The number of nitrogens with one attached hydrogen (secondary N) is 1. The van der Waals surface area contributed by atoms with Crippen molar-refractivity contribution in [2.24, 2.45) is 5.92 Å². The molecule has 1 aliphatic carbocycles. The normalized spacial score (nSPS) is 17.5. The van der Waals surface area contributed by atoms with Crippen LogP contribution >= 0.6 is 0 Å². The number of rotatable bonds is 6. The topological polar surface area (TPSA) is 21.3 Å². The fraction of sp³-hybridized carbons (Fsp3) is 0.600. The third-order valence-electron chi connectivity index (χ3n) is 3.64. The van der Waals surface area contributed by atoms with Crippen LogP contribution in [0.25, 0.3) is 0 Å². The van der Waals surface area contributed by atoms with Gasteiger partial charge in [-0.2, -0.15) is 0 Å². The number of ether oxygens (including phenoxy) is 1. The summed E-state index contributed by atoms with van der Waals surface area (Å²) < 4.78 is 5.60. The van der Waals surface area contributed by atoms with Crippen molar-refractivity contribution in [3.8, 4) is 5.75 Å². The quantitative estimate of drug-likeness (QED) is 0.811. The monoisotopic (exact) mass is 233 g/mol. The standard InChI is InChI=1S/C15H23NO/c1-3-11-17-14-9-7-13(8-10-14)15(16-2)12-5-4-6-12/h7-10,12,15-16H,3-6,11H2,1-2H3. The molecule has 0 amide bonds.